The Morgan fingerprint density at radius 1 is 1.62 bits per heavy atom. The van der Waals surface area contributed by atoms with Crippen LogP contribution in [0.4, 0.5) is 8.78 Å². The first-order valence-corrected chi connectivity index (χ1v) is 4.56. The maximum absolute atomic E-state index is 12.2. The summed E-state index contributed by atoms with van der Waals surface area (Å²) in [7, 11) is 0. The third-order valence-corrected chi connectivity index (χ3v) is 2.35. The molecule has 0 aromatic carbocycles. The van der Waals surface area contributed by atoms with Gasteiger partial charge in [-0.05, 0) is 13.3 Å². The van der Waals surface area contributed by atoms with Gasteiger partial charge in [0.05, 0.1) is 0 Å². The number of rotatable bonds is 3. The van der Waals surface area contributed by atoms with Crippen LogP contribution in [0.2, 0.25) is 0 Å². The molecule has 1 aromatic heterocycles. The SMILES string of the molecule is CCC(C)n1[nH]c(C(F)F)cc1=S. The van der Waals surface area contributed by atoms with Crippen molar-refractivity contribution in [3.05, 3.63) is 16.4 Å². The Balaban J connectivity index is 3.03. The van der Waals surface area contributed by atoms with E-state index < -0.39 is 6.43 Å². The minimum Gasteiger partial charge on any atom is -0.296 e. The van der Waals surface area contributed by atoms with Crippen LogP contribution in [0.3, 0.4) is 0 Å². The number of aromatic amines is 1. The smallest absolute Gasteiger partial charge is 0.279 e. The van der Waals surface area contributed by atoms with Gasteiger partial charge in [0.1, 0.15) is 10.3 Å². The summed E-state index contributed by atoms with van der Waals surface area (Å²) in [5.74, 6) is 0. The van der Waals surface area contributed by atoms with Crippen molar-refractivity contribution in [2.45, 2.75) is 32.7 Å². The lowest BCUT2D eigenvalue weighted by Gasteiger charge is -2.09. The highest BCUT2D eigenvalue weighted by atomic mass is 32.1. The molecule has 0 amide bonds. The normalized spacial score (nSPS) is 13.6. The predicted octanol–water partition coefficient (Wildman–Crippen LogP) is 3.45. The summed E-state index contributed by atoms with van der Waals surface area (Å²) in [4.78, 5) is 0. The van der Waals surface area contributed by atoms with E-state index in [-0.39, 0.29) is 11.7 Å². The number of nitrogens with one attached hydrogen (secondary N) is 1. The number of H-pyrrole nitrogens is 1. The quantitative estimate of drug-likeness (QED) is 0.751. The van der Waals surface area contributed by atoms with Crippen LogP contribution in [0.15, 0.2) is 6.07 Å². The van der Waals surface area contributed by atoms with E-state index in [1.165, 1.54) is 6.07 Å². The standard InChI is InChI=1S/C8H12F2N2S/c1-3-5(2)12-7(13)4-6(11-12)8(9)10/h4-5,8,11H,3H2,1-2H3. The molecule has 1 aromatic rings. The molecule has 2 nitrogen and oxygen atoms in total. The first-order valence-electron chi connectivity index (χ1n) is 4.15. The van der Waals surface area contributed by atoms with E-state index in [0.717, 1.165) is 6.42 Å². The van der Waals surface area contributed by atoms with E-state index in [0.29, 0.717) is 4.64 Å². The number of halogens is 2. The number of nitrogens with zero attached hydrogens (tertiary/aromatic N) is 1. The molecule has 74 valence electrons. The first kappa shape index (κ1) is 10.4. The molecule has 0 saturated carbocycles. The Hall–Kier alpha value is -0.710. The Labute approximate surface area is 80.6 Å². The van der Waals surface area contributed by atoms with Crippen LogP contribution in [-0.2, 0) is 0 Å². The molecule has 0 radical (unpaired) electrons. The summed E-state index contributed by atoms with van der Waals surface area (Å²) < 4.78 is 26.5. The van der Waals surface area contributed by atoms with Crippen molar-refractivity contribution in [1.82, 2.24) is 9.78 Å². The topological polar surface area (TPSA) is 20.7 Å². The fourth-order valence-electron chi connectivity index (χ4n) is 1.05. The molecule has 0 aliphatic heterocycles. The van der Waals surface area contributed by atoms with Crippen molar-refractivity contribution in [1.29, 1.82) is 0 Å². The molecule has 0 fully saturated rings. The third-order valence-electron chi connectivity index (χ3n) is 2.03. The van der Waals surface area contributed by atoms with Gasteiger partial charge in [0.2, 0.25) is 0 Å². The molecule has 1 N–H and O–H groups in total. The van der Waals surface area contributed by atoms with Gasteiger partial charge >= 0.3 is 0 Å². The maximum atomic E-state index is 12.2. The van der Waals surface area contributed by atoms with Crippen LogP contribution in [0.25, 0.3) is 0 Å². The largest absolute Gasteiger partial charge is 0.296 e. The van der Waals surface area contributed by atoms with Crippen molar-refractivity contribution >= 4 is 12.2 Å². The third kappa shape index (κ3) is 2.15. The lowest BCUT2D eigenvalue weighted by atomic mass is 10.3. The van der Waals surface area contributed by atoms with Crippen molar-refractivity contribution in [3.63, 3.8) is 0 Å². The monoisotopic (exact) mass is 206 g/mol. The van der Waals surface area contributed by atoms with Crippen LogP contribution in [0.1, 0.15) is 38.4 Å². The maximum Gasteiger partial charge on any atom is 0.279 e. The Bertz CT molecular complexity index is 329. The Kier molecular flexibility index (Phi) is 3.19. The minimum absolute atomic E-state index is 0.106. The molecule has 0 aliphatic rings. The van der Waals surface area contributed by atoms with Gasteiger partial charge in [-0.2, -0.15) is 0 Å². The van der Waals surface area contributed by atoms with E-state index in [1.807, 2.05) is 13.8 Å². The van der Waals surface area contributed by atoms with E-state index in [1.54, 1.807) is 4.68 Å². The van der Waals surface area contributed by atoms with Crippen molar-refractivity contribution in [3.8, 4) is 0 Å². The van der Waals surface area contributed by atoms with Crippen molar-refractivity contribution in [2.24, 2.45) is 0 Å². The highest BCUT2D eigenvalue weighted by Gasteiger charge is 2.12. The predicted molar refractivity (Wildman–Crippen MR) is 49.6 cm³/mol. The molecule has 1 rings (SSSR count). The number of alkyl halides is 2. The summed E-state index contributed by atoms with van der Waals surface area (Å²) in [6, 6.07) is 1.45. The second-order valence-electron chi connectivity index (χ2n) is 2.98. The minimum atomic E-state index is -2.48. The van der Waals surface area contributed by atoms with Gasteiger partial charge < -0.3 is 0 Å². The van der Waals surface area contributed by atoms with Gasteiger partial charge in [-0.15, -0.1) is 0 Å². The number of aromatic nitrogens is 2. The van der Waals surface area contributed by atoms with Crippen LogP contribution < -0.4 is 0 Å². The lowest BCUT2D eigenvalue weighted by molar-refractivity contribution is 0.144. The number of hydrogen-bond donors (Lipinski definition) is 1. The Morgan fingerprint density at radius 3 is 2.62 bits per heavy atom. The summed E-state index contributed by atoms with van der Waals surface area (Å²) in [5, 5.41) is 2.59. The van der Waals surface area contributed by atoms with E-state index in [2.05, 4.69) is 5.10 Å². The molecular weight excluding hydrogens is 194 g/mol. The molecule has 13 heavy (non-hydrogen) atoms. The molecule has 1 atom stereocenters. The van der Waals surface area contributed by atoms with Gasteiger partial charge in [-0.25, -0.2) is 8.78 Å². The second-order valence-corrected chi connectivity index (χ2v) is 3.40. The summed E-state index contributed by atoms with van der Waals surface area (Å²) in [6.45, 7) is 3.91. The zero-order valence-corrected chi connectivity index (χ0v) is 8.37. The summed E-state index contributed by atoms with van der Waals surface area (Å²) in [5.41, 5.74) is -0.106. The van der Waals surface area contributed by atoms with Gasteiger partial charge in [0.25, 0.3) is 6.43 Å². The van der Waals surface area contributed by atoms with Crippen molar-refractivity contribution in [2.75, 3.05) is 0 Å². The van der Waals surface area contributed by atoms with E-state index in [4.69, 9.17) is 12.2 Å². The molecule has 0 bridgehead atoms. The fourth-order valence-corrected chi connectivity index (χ4v) is 1.40. The fraction of sp³-hybridized carbons (Fsp3) is 0.625. The molecule has 0 aliphatic carbocycles. The average Bonchev–Trinajstić information content (AvgIpc) is 2.46. The molecular formula is C8H12F2N2S. The van der Waals surface area contributed by atoms with E-state index >= 15 is 0 Å². The van der Waals surface area contributed by atoms with Gasteiger partial charge in [-0.1, -0.05) is 19.1 Å². The Morgan fingerprint density at radius 2 is 2.23 bits per heavy atom. The van der Waals surface area contributed by atoms with E-state index in [9.17, 15) is 8.78 Å². The van der Waals surface area contributed by atoms with Crippen LogP contribution in [-0.4, -0.2) is 9.78 Å². The number of hydrogen-bond acceptors (Lipinski definition) is 1. The van der Waals surface area contributed by atoms with Gasteiger partial charge in [-0.3, -0.25) is 9.78 Å². The zero-order valence-electron chi connectivity index (χ0n) is 7.55. The van der Waals surface area contributed by atoms with Gasteiger partial charge in [0, 0.05) is 12.1 Å². The molecule has 5 heteroatoms. The molecule has 0 spiro atoms. The molecule has 1 unspecified atom stereocenters. The summed E-state index contributed by atoms with van der Waals surface area (Å²) >= 11 is 4.93. The van der Waals surface area contributed by atoms with Crippen molar-refractivity contribution < 1.29 is 8.78 Å². The van der Waals surface area contributed by atoms with Crippen LogP contribution >= 0.6 is 12.2 Å². The highest BCUT2D eigenvalue weighted by molar-refractivity contribution is 7.71. The molecule has 1 heterocycles. The summed E-state index contributed by atoms with van der Waals surface area (Å²) in [6.07, 6.45) is -1.62. The second kappa shape index (κ2) is 4.00. The van der Waals surface area contributed by atoms with Crippen LogP contribution in [0, 0.1) is 4.64 Å². The van der Waals surface area contributed by atoms with Crippen LogP contribution in [0.5, 0.6) is 0 Å². The van der Waals surface area contributed by atoms with Gasteiger partial charge in [0.15, 0.2) is 0 Å². The molecule has 0 saturated heterocycles. The highest BCUT2D eigenvalue weighted by Crippen LogP contribution is 2.19. The average molecular weight is 206 g/mol. The first-order chi connectivity index (χ1) is 6.06. The zero-order chi connectivity index (χ0) is 10.0. The lowest BCUT2D eigenvalue weighted by Crippen LogP contribution is -2.06.